The number of hydrogen-bond donors (Lipinski definition) is 3. The first-order valence-electron chi connectivity index (χ1n) is 5.44. The first-order valence-corrected chi connectivity index (χ1v) is 10.4. The Bertz CT molecular complexity index is 141. The average Bonchev–Trinajstić information content (AvgIpc) is 2.21. The summed E-state index contributed by atoms with van der Waals surface area (Å²) in [5.74, 6) is 5.86. The maximum Gasteiger partial charge on any atom is 0.0573 e. The van der Waals surface area contributed by atoms with Gasteiger partial charge in [0.2, 0.25) is 0 Å². The maximum atomic E-state index is 4.52. The summed E-state index contributed by atoms with van der Waals surface area (Å²) in [4.78, 5) is 0. The van der Waals surface area contributed by atoms with Crippen LogP contribution in [0, 0.1) is 0 Å². The van der Waals surface area contributed by atoms with Gasteiger partial charge in [-0.2, -0.15) is 61.4 Å². The van der Waals surface area contributed by atoms with Crippen LogP contribution in [-0.2, 0) is 0 Å². The molecule has 0 radical (unpaired) electrons. The van der Waals surface area contributed by atoms with E-state index < -0.39 is 0 Å². The Labute approximate surface area is 130 Å². The summed E-state index contributed by atoms with van der Waals surface area (Å²) in [5, 5.41) is 0. The van der Waals surface area contributed by atoms with Crippen molar-refractivity contribution in [3.63, 3.8) is 0 Å². The second-order valence-corrected chi connectivity index (χ2v) is 9.77. The van der Waals surface area contributed by atoms with E-state index in [0.29, 0.717) is 9.16 Å². The summed E-state index contributed by atoms with van der Waals surface area (Å²) < 4.78 is 0.816. The minimum absolute atomic E-state index is 0.390. The summed E-state index contributed by atoms with van der Waals surface area (Å²) >= 11 is 18.9. The van der Waals surface area contributed by atoms with Crippen LogP contribution in [0.25, 0.3) is 0 Å². The molecule has 0 heterocycles. The fourth-order valence-electron chi connectivity index (χ4n) is 1.03. The van der Waals surface area contributed by atoms with Crippen LogP contribution in [-0.4, -0.2) is 37.9 Å². The molecule has 16 heavy (non-hydrogen) atoms. The second kappa shape index (κ2) is 13.5. The van der Waals surface area contributed by atoms with E-state index in [0.717, 1.165) is 11.5 Å². The SMILES string of the molecule is CC(S)SC(S)CSCCCCSCCS. The predicted octanol–water partition coefficient (Wildman–Crippen LogP) is 4.43. The van der Waals surface area contributed by atoms with Crippen LogP contribution in [0.4, 0.5) is 0 Å². The molecular formula is C10H22S6. The number of thioether (sulfide) groups is 3. The van der Waals surface area contributed by atoms with Gasteiger partial charge < -0.3 is 0 Å². The molecule has 0 spiro atoms. The van der Waals surface area contributed by atoms with Crippen LogP contribution in [0.2, 0.25) is 0 Å². The molecule has 6 heteroatoms. The number of thiol groups is 3. The van der Waals surface area contributed by atoms with Crippen LogP contribution in [0.15, 0.2) is 0 Å². The number of rotatable bonds is 11. The van der Waals surface area contributed by atoms with Crippen LogP contribution in [0.1, 0.15) is 19.8 Å². The van der Waals surface area contributed by atoms with Crippen molar-refractivity contribution in [1.82, 2.24) is 0 Å². The second-order valence-electron chi connectivity index (χ2n) is 3.31. The highest BCUT2D eigenvalue weighted by Crippen LogP contribution is 2.26. The van der Waals surface area contributed by atoms with Gasteiger partial charge in [-0.05, 0) is 37.0 Å². The van der Waals surface area contributed by atoms with Gasteiger partial charge in [-0.25, -0.2) is 0 Å². The molecule has 0 bridgehead atoms. The van der Waals surface area contributed by atoms with Gasteiger partial charge in [0.15, 0.2) is 0 Å². The Kier molecular flexibility index (Phi) is 15.3. The van der Waals surface area contributed by atoms with Gasteiger partial charge in [-0.15, -0.1) is 11.8 Å². The highest BCUT2D eigenvalue weighted by molar-refractivity contribution is 8.17. The molecule has 0 aromatic carbocycles. The highest BCUT2D eigenvalue weighted by atomic mass is 32.2. The van der Waals surface area contributed by atoms with Crippen LogP contribution < -0.4 is 0 Å². The molecule has 0 aliphatic rings. The van der Waals surface area contributed by atoms with Crippen molar-refractivity contribution in [2.75, 3.05) is 28.8 Å². The fraction of sp³-hybridized carbons (Fsp3) is 1.00. The third-order valence-corrected chi connectivity index (χ3v) is 6.67. The van der Waals surface area contributed by atoms with Crippen LogP contribution in [0.5, 0.6) is 0 Å². The van der Waals surface area contributed by atoms with E-state index in [1.807, 2.05) is 35.3 Å². The molecule has 0 saturated heterocycles. The summed E-state index contributed by atoms with van der Waals surface area (Å²) in [6, 6.07) is 0. The standard InChI is InChI=1S/C10H22S6/c1-9(12)16-10(13)8-15-6-3-2-5-14-7-4-11/h9-13H,2-8H2,1H3. The van der Waals surface area contributed by atoms with E-state index >= 15 is 0 Å². The largest absolute Gasteiger partial charge is 0.179 e. The van der Waals surface area contributed by atoms with Gasteiger partial charge in [-0.3, -0.25) is 0 Å². The lowest BCUT2D eigenvalue weighted by molar-refractivity contribution is 0.907. The molecule has 0 aromatic rings. The molecule has 2 atom stereocenters. The van der Waals surface area contributed by atoms with Crippen molar-refractivity contribution in [3.05, 3.63) is 0 Å². The summed E-state index contributed by atoms with van der Waals surface area (Å²) in [6.45, 7) is 2.10. The minimum Gasteiger partial charge on any atom is -0.179 e. The molecule has 0 rings (SSSR count). The zero-order valence-corrected chi connectivity index (χ0v) is 14.8. The molecule has 0 aliphatic heterocycles. The van der Waals surface area contributed by atoms with Gasteiger partial charge in [0, 0.05) is 16.1 Å². The Balaban J connectivity index is 3.08. The van der Waals surface area contributed by atoms with Gasteiger partial charge in [0.1, 0.15) is 0 Å². The van der Waals surface area contributed by atoms with Gasteiger partial charge in [-0.1, -0.05) is 0 Å². The van der Waals surface area contributed by atoms with E-state index in [9.17, 15) is 0 Å². The number of hydrogen-bond acceptors (Lipinski definition) is 6. The third kappa shape index (κ3) is 14.2. The Hall–Kier alpha value is 2.10. The molecule has 0 amide bonds. The predicted molar refractivity (Wildman–Crippen MR) is 96.6 cm³/mol. The smallest absolute Gasteiger partial charge is 0.0573 e. The van der Waals surface area contributed by atoms with Crippen LogP contribution >= 0.6 is 73.2 Å². The monoisotopic (exact) mass is 334 g/mol. The van der Waals surface area contributed by atoms with E-state index in [1.165, 1.54) is 30.1 Å². The molecule has 0 nitrogen and oxygen atoms in total. The maximum absolute atomic E-state index is 4.52. The summed E-state index contributed by atoms with van der Waals surface area (Å²) in [5.41, 5.74) is 0. The van der Waals surface area contributed by atoms with Crippen molar-refractivity contribution in [2.24, 2.45) is 0 Å². The fourth-order valence-corrected chi connectivity index (χ4v) is 5.58. The van der Waals surface area contributed by atoms with E-state index in [-0.39, 0.29) is 0 Å². The molecule has 0 saturated carbocycles. The zero-order chi connectivity index (χ0) is 12.2. The lowest BCUT2D eigenvalue weighted by Gasteiger charge is -2.11. The van der Waals surface area contributed by atoms with E-state index in [2.05, 4.69) is 44.8 Å². The Morgan fingerprint density at radius 2 is 1.62 bits per heavy atom. The van der Waals surface area contributed by atoms with Crippen molar-refractivity contribution in [3.8, 4) is 0 Å². The van der Waals surface area contributed by atoms with Crippen LogP contribution in [0.3, 0.4) is 0 Å². The highest BCUT2D eigenvalue weighted by Gasteiger charge is 2.06. The first-order chi connectivity index (χ1) is 7.66. The summed E-state index contributed by atoms with van der Waals surface area (Å²) in [7, 11) is 0. The molecule has 0 aromatic heterocycles. The van der Waals surface area contributed by atoms with Gasteiger partial charge >= 0.3 is 0 Å². The zero-order valence-electron chi connectivity index (χ0n) is 9.67. The van der Waals surface area contributed by atoms with Crippen molar-refractivity contribution in [1.29, 1.82) is 0 Å². The molecule has 2 unspecified atom stereocenters. The minimum atomic E-state index is 0.390. The molecular weight excluding hydrogens is 313 g/mol. The Morgan fingerprint density at radius 1 is 1.00 bits per heavy atom. The topological polar surface area (TPSA) is 0 Å². The summed E-state index contributed by atoms with van der Waals surface area (Å²) in [6.07, 6.45) is 2.66. The first kappa shape index (κ1) is 18.1. The van der Waals surface area contributed by atoms with Crippen molar-refractivity contribution in [2.45, 2.75) is 28.9 Å². The Morgan fingerprint density at radius 3 is 2.19 bits per heavy atom. The van der Waals surface area contributed by atoms with Crippen molar-refractivity contribution < 1.29 is 0 Å². The van der Waals surface area contributed by atoms with Crippen molar-refractivity contribution >= 4 is 73.2 Å². The average molecular weight is 335 g/mol. The molecule has 98 valence electrons. The number of unbranched alkanes of at least 4 members (excludes halogenated alkanes) is 1. The lowest BCUT2D eigenvalue weighted by atomic mass is 10.4. The normalized spacial score (nSPS) is 15.0. The molecule has 0 N–H and O–H groups in total. The third-order valence-electron chi connectivity index (χ3n) is 1.68. The molecule has 0 fully saturated rings. The molecule has 0 aliphatic carbocycles. The van der Waals surface area contributed by atoms with Gasteiger partial charge in [0.05, 0.1) is 4.58 Å². The quantitative estimate of drug-likeness (QED) is 0.291. The van der Waals surface area contributed by atoms with E-state index in [1.54, 1.807) is 0 Å². The van der Waals surface area contributed by atoms with Gasteiger partial charge in [0.25, 0.3) is 0 Å². The lowest BCUT2D eigenvalue weighted by Crippen LogP contribution is -2.01. The van der Waals surface area contributed by atoms with E-state index in [4.69, 9.17) is 0 Å².